The summed E-state index contributed by atoms with van der Waals surface area (Å²) in [4.78, 5) is 12.5. The molecule has 3 N–H and O–H groups in total. The highest BCUT2D eigenvalue weighted by Crippen LogP contribution is 2.57. The van der Waals surface area contributed by atoms with Crippen molar-refractivity contribution in [1.29, 1.82) is 10.8 Å². The summed E-state index contributed by atoms with van der Waals surface area (Å²) in [5.74, 6) is 0.971. The third kappa shape index (κ3) is 5.88. The van der Waals surface area contributed by atoms with Crippen LogP contribution < -0.4 is 5.32 Å². The number of rotatable bonds is 8. The second-order valence-electron chi connectivity index (χ2n) is 9.76. The molecule has 9 heteroatoms. The zero-order chi connectivity index (χ0) is 25.1. The molecule has 1 saturated carbocycles. The molecule has 2 aromatic rings. The van der Waals surface area contributed by atoms with Crippen LogP contribution in [0.25, 0.3) is 11.3 Å². The van der Waals surface area contributed by atoms with Gasteiger partial charge < -0.3 is 18.8 Å². The summed E-state index contributed by atoms with van der Waals surface area (Å²) in [7, 11) is -1.40. The average molecular weight is 489 g/mol. The first kappa shape index (κ1) is 26.0. The predicted molar refractivity (Wildman–Crippen MR) is 137 cm³/mol. The van der Waals surface area contributed by atoms with E-state index in [0.717, 1.165) is 11.3 Å². The summed E-state index contributed by atoms with van der Waals surface area (Å²) in [5.41, 5.74) is 1.08. The van der Waals surface area contributed by atoms with Crippen LogP contribution in [-0.2, 0) is 8.92 Å². The quantitative estimate of drug-likeness (QED) is 0.339. The van der Waals surface area contributed by atoms with Gasteiger partial charge in [0.25, 0.3) is 5.91 Å². The molecule has 0 saturated heterocycles. The summed E-state index contributed by atoms with van der Waals surface area (Å²) >= 11 is 0. The number of benzene rings is 1. The lowest BCUT2D eigenvalue weighted by atomic mass is 9.80. The maximum absolute atomic E-state index is 12.5. The number of amides is 1. The molecule has 186 valence electrons. The summed E-state index contributed by atoms with van der Waals surface area (Å²) < 4.78 is 17.1. The molecule has 34 heavy (non-hydrogen) atoms. The van der Waals surface area contributed by atoms with Crippen molar-refractivity contribution in [3.63, 3.8) is 0 Å². The molecule has 1 heterocycles. The molecule has 0 bridgehead atoms. The Morgan fingerprint density at radius 2 is 1.91 bits per heavy atom. The number of aromatic nitrogens is 1. The first-order valence-corrected chi connectivity index (χ1v) is 13.7. The molecule has 1 aromatic heterocycles. The molecule has 8 nitrogen and oxygen atoms in total. The van der Waals surface area contributed by atoms with Crippen LogP contribution in [0.2, 0.25) is 0 Å². The number of carbonyl (C=O) groups excluding carboxylic acids is 1. The minimum absolute atomic E-state index is 0.0189. The molecule has 1 aromatic carbocycles. The average Bonchev–Trinajstić information content (AvgIpc) is 3.25. The molecule has 0 radical (unpaired) electrons. The fourth-order valence-corrected chi connectivity index (χ4v) is 5.64. The number of carbonyl (C=O) groups is 1. The Morgan fingerprint density at radius 1 is 1.26 bits per heavy atom. The zero-order valence-electron chi connectivity index (χ0n) is 20.8. The molecule has 1 aliphatic rings. The Hall–Kier alpha value is -2.65. The molecule has 1 unspecified atom stereocenters. The Labute approximate surface area is 203 Å². The van der Waals surface area contributed by atoms with Gasteiger partial charge in [-0.3, -0.25) is 15.6 Å². The van der Waals surface area contributed by atoms with Gasteiger partial charge in [-0.25, -0.2) is 0 Å². The largest absolute Gasteiger partial charge is 0.427 e. The van der Waals surface area contributed by atoms with Gasteiger partial charge in [0.15, 0.2) is 17.4 Å². The van der Waals surface area contributed by atoms with Gasteiger partial charge in [-0.15, -0.1) is 10.3 Å². The van der Waals surface area contributed by atoms with Gasteiger partial charge in [0.2, 0.25) is 5.90 Å². The van der Waals surface area contributed by atoms with E-state index in [-0.39, 0.29) is 40.1 Å². The Morgan fingerprint density at radius 3 is 2.50 bits per heavy atom. The van der Waals surface area contributed by atoms with Crippen LogP contribution in [0, 0.1) is 16.7 Å². The van der Waals surface area contributed by atoms with Crippen LogP contribution in [0.5, 0.6) is 0 Å². The number of hydrogen-bond acceptors (Lipinski definition) is 7. The van der Waals surface area contributed by atoms with Crippen molar-refractivity contribution in [2.75, 3.05) is 12.0 Å². The highest BCUT2D eigenvalue weighted by Gasteiger charge is 2.38. The number of hydrogen-bond donors (Lipinski definition) is 3. The van der Waals surface area contributed by atoms with E-state index in [0.29, 0.717) is 18.6 Å². The van der Waals surface area contributed by atoms with E-state index in [2.05, 4.69) is 44.4 Å². The Bertz CT molecular complexity index is 1030. The normalized spacial score (nSPS) is 21.5. The molecule has 1 amide bonds. The third-order valence-electron chi connectivity index (χ3n) is 6.44. The number of ether oxygens (including phenoxy) is 1. The van der Waals surface area contributed by atoms with E-state index < -0.39 is 16.4 Å². The van der Waals surface area contributed by atoms with Crippen LogP contribution in [-0.4, -0.2) is 51.8 Å². The molecule has 3 rings (SSSR count). The summed E-state index contributed by atoms with van der Waals surface area (Å²) in [6.45, 7) is 10.3. The lowest BCUT2D eigenvalue weighted by Crippen LogP contribution is -2.47. The standard InChI is InChI=1S/C25H36N4O4S/c1-7-34(6,25(3,4)5)33-16(2)22(26)31-23(27)18-13-19(14-18)28-24(30)20-15-21(32-29-20)17-11-9-8-10-12-17/h8-12,15-16,18-19,26-27H,7,13-14H2,1-6H3,(H,28,30)/t16-,18?,19?/m1/s1. The van der Waals surface area contributed by atoms with Gasteiger partial charge in [0.1, 0.15) is 6.10 Å². The topological polar surface area (TPSA) is 121 Å². The summed E-state index contributed by atoms with van der Waals surface area (Å²) in [6.07, 6.45) is 2.76. The highest BCUT2D eigenvalue weighted by molar-refractivity contribution is 8.30. The van der Waals surface area contributed by atoms with Crippen LogP contribution in [0.15, 0.2) is 40.9 Å². The van der Waals surface area contributed by atoms with Crippen molar-refractivity contribution in [2.45, 2.75) is 64.4 Å². The van der Waals surface area contributed by atoms with Gasteiger partial charge in [-0.05, 0) is 31.8 Å². The van der Waals surface area contributed by atoms with E-state index in [4.69, 9.17) is 24.3 Å². The molecule has 0 spiro atoms. The van der Waals surface area contributed by atoms with Crippen LogP contribution in [0.4, 0.5) is 0 Å². The molecule has 2 atom stereocenters. The molecule has 1 fully saturated rings. The van der Waals surface area contributed by atoms with E-state index in [9.17, 15) is 4.79 Å². The fraction of sp³-hybridized carbons (Fsp3) is 0.520. The van der Waals surface area contributed by atoms with Crippen molar-refractivity contribution in [3.8, 4) is 11.3 Å². The Balaban J connectivity index is 1.45. The zero-order valence-corrected chi connectivity index (χ0v) is 21.6. The smallest absolute Gasteiger partial charge is 0.273 e. The van der Waals surface area contributed by atoms with Gasteiger partial charge in [-0.2, -0.15) is 0 Å². The fourth-order valence-electron chi connectivity index (χ4n) is 3.62. The lowest BCUT2D eigenvalue weighted by molar-refractivity contribution is 0.0893. The SMILES string of the molecule is CCS(C)(O[C@H](C)C(=N)OC(=N)C1CC(NC(=O)c2cc(-c3ccccc3)on2)C1)C(C)(C)C. The summed E-state index contributed by atoms with van der Waals surface area (Å²) in [6, 6.07) is 11.0. The maximum Gasteiger partial charge on any atom is 0.273 e. The third-order valence-corrected chi connectivity index (χ3v) is 10.8. The van der Waals surface area contributed by atoms with Gasteiger partial charge in [0, 0.05) is 28.3 Å². The molecule has 1 aliphatic carbocycles. The minimum Gasteiger partial charge on any atom is -0.427 e. The van der Waals surface area contributed by atoms with E-state index in [1.54, 1.807) is 13.0 Å². The van der Waals surface area contributed by atoms with Crippen LogP contribution in [0.3, 0.4) is 0 Å². The first-order chi connectivity index (χ1) is 15.9. The van der Waals surface area contributed by atoms with Gasteiger partial charge >= 0.3 is 0 Å². The van der Waals surface area contributed by atoms with Crippen molar-refractivity contribution in [1.82, 2.24) is 10.5 Å². The van der Waals surface area contributed by atoms with E-state index in [1.807, 2.05) is 30.3 Å². The highest BCUT2D eigenvalue weighted by atomic mass is 32.3. The second-order valence-corrected chi connectivity index (χ2v) is 13.8. The molecular formula is C25H36N4O4S. The van der Waals surface area contributed by atoms with Crippen LogP contribution in [0.1, 0.15) is 57.9 Å². The lowest BCUT2D eigenvalue weighted by Gasteiger charge is -2.47. The van der Waals surface area contributed by atoms with E-state index in [1.165, 1.54) is 0 Å². The maximum atomic E-state index is 12.5. The molecule has 0 aliphatic heterocycles. The first-order valence-electron chi connectivity index (χ1n) is 11.5. The monoisotopic (exact) mass is 488 g/mol. The number of nitrogens with zero attached hydrogens (tertiary/aromatic N) is 1. The predicted octanol–water partition coefficient (Wildman–Crippen LogP) is 5.39. The van der Waals surface area contributed by atoms with Gasteiger partial charge in [-0.1, -0.05) is 63.2 Å². The van der Waals surface area contributed by atoms with Crippen LogP contribution >= 0.6 is 10.3 Å². The Kier molecular flexibility index (Phi) is 7.88. The van der Waals surface area contributed by atoms with Crippen molar-refractivity contribution in [2.24, 2.45) is 5.92 Å². The van der Waals surface area contributed by atoms with E-state index >= 15 is 0 Å². The molecular weight excluding hydrogens is 452 g/mol. The van der Waals surface area contributed by atoms with Crippen molar-refractivity contribution < 1.29 is 18.2 Å². The minimum atomic E-state index is -1.40. The number of nitrogens with one attached hydrogen (secondary N) is 3. The van der Waals surface area contributed by atoms with Gasteiger partial charge in [0.05, 0.1) is 0 Å². The van der Waals surface area contributed by atoms with Crippen molar-refractivity contribution >= 4 is 28.0 Å². The summed E-state index contributed by atoms with van der Waals surface area (Å²) in [5, 5.41) is 23.3. The second kappa shape index (κ2) is 10.3. The van der Waals surface area contributed by atoms with Crippen molar-refractivity contribution in [3.05, 3.63) is 42.1 Å².